The van der Waals surface area contributed by atoms with Gasteiger partial charge in [-0.25, -0.2) is 4.98 Å². The lowest BCUT2D eigenvalue weighted by Gasteiger charge is -2.12. The Kier molecular flexibility index (Phi) is 3.99. The molecule has 1 atom stereocenters. The molecule has 4 nitrogen and oxygen atoms in total. The zero-order valence-electron chi connectivity index (χ0n) is 10.7. The number of rotatable bonds is 5. The molecule has 0 aliphatic carbocycles. The first kappa shape index (κ1) is 12.6. The molecule has 2 aromatic rings. The Balaban J connectivity index is 2.20. The Bertz CT molecular complexity index is 508. The van der Waals surface area contributed by atoms with Gasteiger partial charge in [-0.2, -0.15) is 0 Å². The number of aliphatic hydroxyl groups excluding tert-OH is 1. The molecule has 0 bridgehead atoms. The summed E-state index contributed by atoms with van der Waals surface area (Å²) < 4.78 is 7.37. The van der Waals surface area contributed by atoms with E-state index in [-0.39, 0.29) is 0 Å². The van der Waals surface area contributed by atoms with E-state index in [1.54, 1.807) is 6.20 Å². The van der Waals surface area contributed by atoms with Crippen LogP contribution >= 0.6 is 0 Å². The van der Waals surface area contributed by atoms with Gasteiger partial charge in [0.2, 0.25) is 0 Å². The summed E-state index contributed by atoms with van der Waals surface area (Å²) in [6.45, 7) is 2.74. The molecule has 0 amide bonds. The molecule has 0 saturated heterocycles. The third-order valence-electron chi connectivity index (χ3n) is 2.75. The quantitative estimate of drug-likeness (QED) is 0.880. The number of benzene rings is 1. The highest BCUT2D eigenvalue weighted by atomic mass is 16.5. The minimum absolute atomic E-state index is 0.627. The molecule has 1 aromatic carbocycles. The summed E-state index contributed by atoms with van der Waals surface area (Å²) in [4.78, 5) is 4.16. The maximum atomic E-state index is 10.3. The third-order valence-corrected chi connectivity index (χ3v) is 2.75. The Morgan fingerprint density at radius 1 is 1.44 bits per heavy atom. The largest absolute Gasteiger partial charge is 0.494 e. The third kappa shape index (κ3) is 2.71. The van der Waals surface area contributed by atoms with Crippen molar-refractivity contribution in [3.63, 3.8) is 0 Å². The van der Waals surface area contributed by atoms with Gasteiger partial charge >= 0.3 is 0 Å². The second-order valence-corrected chi connectivity index (χ2v) is 4.22. The maximum absolute atomic E-state index is 10.3. The fourth-order valence-corrected chi connectivity index (χ4v) is 1.78. The molecule has 0 aliphatic heterocycles. The molecular formula is C14H18N2O2. The first-order valence-corrected chi connectivity index (χ1v) is 6.10. The summed E-state index contributed by atoms with van der Waals surface area (Å²) in [5.41, 5.74) is 0.790. The highest BCUT2D eigenvalue weighted by Crippen LogP contribution is 2.23. The van der Waals surface area contributed by atoms with Crippen LogP contribution in [0.15, 0.2) is 36.7 Å². The van der Waals surface area contributed by atoms with Crippen LogP contribution in [-0.4, -0.2) is 21.3 Å². The molecule has 1 aromatic heterocycles. The fourth-order valence-electron chi connectivity index (χ4n) is 1.78. The lowest BCUT2D eigenvalue weighted by Crippen LogP contribution is -2.07. The van der Waals surface area contributed by atoms with E-state index in [1.165, 1.54) is 0 Å². The number of ether oxygens (including phenoxy) is 1. The number of nitrogens with zero attached hydrogens (tertiary/aromatic N) is 2. The standard InChI is InChI=1S/C14H18N2O2/c1-3-9-18-12-6-4-5-11(10-12)13(17)14-15-7-8-16(14)2/h4-8,10,13,17H,3,9H2,1-2H3. The number of hydrogen-bond donors (Lipinski definition) is 1. The van der Waals surface area contributed by atoms with Gasteiger partial charge in [0, 0.05) is 19.4 Å². The van der Waals surface area contributed by atoms with E-state index >= 15 is 0 Å². The first-order valence-electron chi connectivity index (χ1n) is 6.10. The van der Waals surface area contributed by atoms with Gasteiger partial charge in [0.15, 0.2) is 0 Å². The lowest BCUT2D eigenvalue weighted by atomic mass is 10.1. The Labute approximate surface area is 107 Å². The summed E-state index contributed by atoms with van der Waals surface area (Å²) >= 11 is 0. The second kappa shape index (κ2) is 5.69. The van der Waals surface area contributed by atoms with Crippen LogP contribution in [0.5, 0.6) is 5.75 Å². The summed E-state index contributed by atoms with van der Waals surface area (Å²) in [7, 11) is 1.86. The smallest absolute Gasteiger partial charge is 0.142 e. The van der Waals surface area contributed by atoms with Crippen molar-refractivity contribution in [2.45, 2.75) is 19.4 Å². The van der Waals surface area contributed by atoms with Crippen LogP contribution in [0.3, 0.4) is 0 Å². The van der Waals surface area contributed by atoms with Crippen LogP contribution < -0.4 is 4.74 Å². The van der Waals surface area contributed by atoms with E-state index in [2.05, 4.69) is 11.9 Å². The van der Waals surface area contributed by atoms with Crippen LogP contribution in [0.4, 0.5) is 0 Å². The molecule has 0 saturated carbocycles. The highest BCUT2D eigenvalue weighted by Gasteiger charge is 2.15. The molecule has 4 heteroatoms. The van der Waals surface area contributed by atoms with Gasteiger partial charge < -0.3 is 14.4 Å². The maximum Gasteiger partial charge on any atom is 0.142 e. The molecule has 1 heterocycles. The highest BCUT2D eigenvalue weighted by molar-refractivity contribution is 5.32. The van der Waals surface area contributed by atoms with Gasteiger partial charge in [-0.15, -0.1) is 0 Å². The van der Waals surface area contributed by atoms with Gasteiger partial charge in [-0.05, 0) is 24.1 Å². The normalized spacial score (nSPS) is 12.4. The van der Waals surface area contributed by atoms with Crippen molar-refractivity contribution in [1.29, 1.82) is 0 Å². The van der Waals surface area contributed by atoms with Crippen molar-refractivity contribution in [2.75, 3.05) is 6.61 Å². The van der Waals surface area contributed by atoms with Crippen LogP contribution in [0.1, 0.15) is 30.8 Å². The van der Waals surface area contributed by atoms with Gasteiger partial charge in [0.1, 0.15) is 17.7 Å². The zero-order chi connectivity index (χ0) is 13.0. The average Bonchev–Trinajstić information content (AvgIpc) is 2.82. The molecule has 2 rings (SSSR count). The number of aliphatic hydroxyl groups is 1. The van der Waals surface area contributed by atoms with E-state index in [0.29, 0.717) is 12.4 Å². The minimum atomic E-state index is -0.727. The van der Waals surface area contributed by atoms with E-state index in [4.69, 9.17) is 4.74 Å². The number of aromatic nitrogens is 2. The van der Waals surface area contributed by atoms with E-state index in [1.807, 2.05) is 42.1 Å². The molecule has 0 aliphatic rings. The average molecular weight is 246 g/mol. The predicted octanol–water partition coefficient (Wildman–Crippen LogP) is 2.29. The summed E-state index contributed by atoms with van der Waals surface area (Å²) in [5, 5.41) is 10.3. The summed E-state index contributed by atoms with van der Waals surface area (Å²) in [6, 6.07) is 7.50. The van der Waals surface area contributed by atoms with E-state index in [9.17, 15) is 5.11 Å². The zero-order valence-corrected chi connectivity index (χ0v) is 10.7. The number of imidazole rings is 1. The molecule has 1 unspecified atom stereocenters. The Morgan fingerprint density at radius 2 is 2.28 bits per heavy atom. The molecule has 0 fully saturated rings. The van der Waals surface area contributed by atoms with Gasteiger partial charge in [-0.1, -0.05) is 19.1 Å². The fraction of sp³-hybridized carbons (Fsp3) is 0.357. The van der Waals surface area contributed by atoms with E-state index in [0.717, 1.165) is 17.7 Å². The van der Waals surface area contributed by atoms with Crippen molar-refractivity contribution in [3.05, 3.63) is 48.0 Å². The summed E-state index contributed by atoms with van der Waals surface area (Å²) in [6.07, 6.45) is 3.73. The van der Waals surface area contributed by atoms with Gasteiger partial charge in [-0.3, -0.25) is 0 Å². The number of aryl methyl sites for hydroxylation is 1. The van der Waals surface area contributed by atoms with Crippen molar-refractivity contribution in [2.24, 2.45) is 7.05 Å². The molecule has 0 spiro atoms. The predicted molar refractivity (Wildman–Crippen MR) is 69.5 cm³/mol. The minimum Gasteiger partial charge on any atom is -0.494 e. The van der Waals surface area contributed by atoms with Crippen LogP contribution in [0.25, 0.3) is 0 Å². The van der Waals surface area contributed by atoms with Gasteiger partial charge in [0.25, 0.3) is 0 Å². The monoisotopic (exact) mass is 246 g/mol. The molecule has 18 heavy (non-hydrogen) atoms. The molecular weight excluding hydrogens is 228 g/mol. The SMILES string of the molecule is CCCOc1cccc(C(O)c2nccn2C)c1. The second-order valence-electron chi connectivity index (χ2n) is 4.22. The van der Waals surface area contributed by atoms with Crippen molar-refractivity contribution in [3.8, 4) is 5.75 Å². The number of hydrogen-bond acceptors (Lipinski definition) is 3. The van der Waals surface area contributed by atoms with Crippen LogP contribution in [-0.2, 0) is 7.05 Å². The Hall–Kier alpha value is -1.81. The molecule has 96 valence electrons. The van der Waals surface area contributed by atoms with Crippen molar-refractivity contribution < 1.29 is 9.84 Å². The topological polar surface area (TPSA) is 47.3 Å². The first-order chi connectivity index (χ1) is 8.72. The van der Waals surface area contributed by atoms with Crippen molar-refractivity contribution >= 4 is 0 Å². The van der Waals surface area contributed by atoms with Crippen LogP contribution in [0.2, 0.25) is 0 Å². The lowest BCUT2D eigenvalue weighted by molar-refractivity contribution is 0.205. The Morgan fingerprint density at radius 3 is 2.94 bits per heavy atom. The molecule has 0 radical (unpaired) electrons. The van der Waals surface area contributed by atoms with Crippen LogP contribution in [0, 0.1) is 0 Å². The van der Waals surface area contributed by atoms with E-state index < -0.39 is 6.10 Å². The molecule has 1 N–H and O–H groups in total. The van der Waals surface area contributed by atoms with Gasteiger partial charge in [0.05, 0.1) is 6.61 Å². The van der Waals surface area contributed by atoms with Crippen molar-refractivity contribution in [1.82, 2.24) is 9.55 Å². The summed E-state index contributed by atoms with van der Waals surface area (Å²) in [5.74, 6) is 1.41.